The monoisotopic (exact) mass is 288 g/mol. The molecule has 1 aromatic carbocycles. The number of para-hydroxylation sites is 1. The summed E-state index contributed by atoms with van der Waals surface area (Å²) in [6.07, 6.45) is 1.60. The van der Waals surface area contributed by atoms with Crippen molar-refractivity contribution in [2.75, 3.05) is 17.2 Å². The first kappa shape index (κ1) is 13.1. The van der Waals surface area contributed by atoms with E-state index in [4.69, 9.17) is 0 Å². The molecule has 104 valence electrons. The number of hydrogen-bond donors (Lipinski definition) is 2. The fourth-order valence-corrected chi connectivity index (χ4v) is 2.96. The summed E-state index contributed by atoms with van der Waals surface area (Å²) in [4.78, 5) is 12.3. The van der Waals surface area contributed by atoms with E-state index in [2.05, 4.69) is 26.9 Å². The molecule has 0 bridgehead atoms. The molecule has 6 heteroatoms. The molecule has 0 aliphatic carbocycles. The van der Waals surface area contributed by atoms with Gasteiger partial charge in [0.2, 0.25) is 11.0 Å². The minimum Gasteiger partial charge on any atom is -0.384 e. The van der Waals surface area contributed by atoms with Crippen LogP contribution in [0.15, 0.2) is 24.3 Å². The number of carbonyl (C=O) groups excluding carboxylic acids is 1. The van der Waals surface area contributed by atoms with Crippen LogP contribution in [0.3, 0.4) is 0 Å². The number of rotatable bonds is 3. The van der Waals surface area contributed by atoms with Crippen molar-refractivity contribution < 1.29 is 4.79 Å². The van der Waals surface area contributed by atoms with Gasteiger partial charge in [0.15, 0.2) is 0 Å². The smallest absolute Gasteiger partial charge is 0.231 e. The third-order valence-electron chi connectivity index (χ3n) is 3.39. The van der Waals surface area contributed by atoms with Crippen molar-refractivity contribution in [2.45, 2.75) is 19.8 Å². The van der Waals surface area contributed by atoms with E-state index < -0.39 is 0 Å². The van der Waals surface area contributed by atoms with Crippen LogP contribution in [0.2, 0.25) is 0 Å². The number of nitrogens with one attached hydrogen (secondary N) is 2. The summed E-state index contributed by atoms with van der Waals surface area (Å²) in [7, 11) is 0. The van der Waals surface area contributed by atoms with Crippen molar-refractivity contribution in [3.05, 3.63) is 34.8 Å². The number of nitrogens with zero attached hydrogens (tertiary/aromatic N) is 2. The molecule has 2 heterocycles. The number of fused-ring (bicyclic) bond motifs is 1. The molecule has 2 N–H and O–H groups in total. The minimum absolute atomic E-state index is 0.00538. The van der Waals surface area contributed by atoms with Gasteiger partial charge >= 0.3 is 0 Å². The molecule has 1 unspecified atom stereocenters. The molecule has 0 saturated carbocycles. The van der Waals surface area contributed by atoms with Crippen molar-refractivity contribution in [2.24, 2.45) is 5.92 Å². The molecule has 1 atom stereocenters. The second kappa shape index (κ2) is 5.58. The average Bonchev–Trinajstić information content (AvgIpc) is 2.94. The molecule has 1 aliphatic heterocycles. The summed E-state index contributed by atoms with van der Waals surface area (Å²) in [6, 6.07) is 8.10. The molecule has 2 aromatic rings. The largest absolute Gasteiger partial charge is 0.384 e. The normalized spacial score (nSPS) is 17.1. The first-order valence-electron chi connectivity index (χ1n) is 6.71. The Morgan fingerprint density at radius 2 is 2.30 bits per heavy atom. The van der Waals surface area contributed by atoms with E-state index in [1.165, 1.54) is 16.9 Å². The van der Waals surface area contributed by atoms with Gasteiger partial charge in [-0.05, 0) is 24.5 Å². The predicted octanol–water partition coefficient (Wildman–Crippen LogP) is 2.32. The molecular weight excluding hydrogens is 272 g/mol. The van der Waals surface area contributed by atoms with Crippen LogP contribution in [-0.2, 0) is 17.6 Å². The molecule has 1 amide bonds. The number of carbonyl (C=O) groups is 1. The fraction of sp³-hybridized carbons (Fsp3) is 0.357. The highest BCUT2D eigenvalue weighted by Crippen LogP contribution is 2.25. The highest BCUT2D eigenvalue weighted by Gasteiger charge is 2.24. The topological polar surface area (TPSA) is 66.9 Å². The van der Waals surface area contributed by atoms with Crippen molar-refractivity contribution in [1.82, 2.24) is 10.2 Å². The van der Waals surface area contributed by atoms with Crippen LogP contribution in [0.4, 0.5) is 10.8 Å². The van der Waals surface area contributed by atoms with E-state index >= 15 is 0 Å². The predicted molar refractivity (Wildman–Crippen MR) is 80.0 cm³/mol. The summed E-state index contributed by atoms with van der Waals surface area (Å²) in [5.74, 6) is -0.0651. The zero-order valence-electron chi connectivity index (χ0n) is 11.2. The molecule has 20 heavy (non-hydrogen) atoms. The summed E-state index contributed by atoms with van der Waals surface area (Å²) in [5, 5.41) is 15.7. The number of hydrogen-bond acceptors (Lipinski definition) is 5. The van der Waals surface area contributed by atoms with Gasteiger partial charge in [-0.3, -0.25) is 4.79 Å². The Morgan fingerprint density at radius 3 is 3.10 bits per heavy atom. The maximum Gasteiger partial charge on any atom is 0.231 e. The molecule has 0 fully saturated rings. The van der Waals surface area contributed by atoms with Gasteiger partial charge in [0.05, 0.1) is 5.92 Å². The Bertz CT molecular complexity index is 625. The van der Waals surface area contributed by atoms with E-state index in [1.54, 1.807) is 0 Å². The van der Waals surface area contributed by atoms with Gasteiger partial charge in [-0.1, -0.05) is 36.5 Å². The van der Waals surface area contributed by atoms with Gasteiger partial charge in [-0.2, -0.15) is 0 Å². The van der Waals surface area contributed by atoms with Crippen LogP contribution >= 0.6 is 11.3 Å². The second-order valence-electron chi connectivity index (χ2n) is 4.78. The highest BCUT2D eigenvalue weighted by atomic mass is 32.1. The highest BCUT2D eigenvalue weighted by molar-refractivity contribution is 7.15. The lowest BCUT2D eigenvalue weighted by Crippen LogP contribution is -2.33. The van der Waals surface area contributed by atoms with Gasteiger partial charge in [-0.25, -0.2) is 0 Å². The van der Waals surface area contributed by atoms with Crippen LogP contribution < -0.4 is 10.6 Å². The van der Waals surface area contributed by atoms with Crippen molar-refractivity contribution in [3.63, 3.8) is 0 Å². The first-order valence-corrected chi connectivity index (χ1v) is 7.53. The van der Waals surface area contributed by atoms with Gasteiger partial charge in [0, 0.05) is 12.2 Å². The third kappa shape index (κ3) is 2.65. The lowest BCUT2D eigenvalue weighted by Gasteiger charge is -2.24. The lowest BCUT2D eigenvalue weighted by atomic mass is 9.93. The Balaban J connectivity index is 1.67. The molecule has 0 spiro atoms. The second-order valence-corrected chi connectivity index (χ2v) is 5.84. The average molecular weight is 288 g/mol. The summed E-state index contributed by atoms with van der Waals surface area (Å²) < 4.78 is 0. The van der Waals surface area contributed by atoms with Gasteiger partial charge in [0.25, 0.3) is 0 Å². The van der Waals surface area contributed by atoms with Crippen molar-refractivity contribution in [3.8, 4) is 0 Å². The number of amides is 1. The molecule has 0 saturated heterocycles. The standard InChI is InChI=1S/C14H16N4OS/c1-2-12-17-18-14(20-12)16-13(19)10-7-9-5-3-4-6-11(9)15-8-10/h3-6,10,15H,2,7-8H2,1H3,(H,16,18,19). The Hall–Kier alpha value is -1.95. The van der Waals surface area contributed by atoms with Gasteiger partial charge in [0.1, 0.15) is 5.01 Å². The van der Waals surface area contributed by atoms with Gasteiger partial charge < -0.3 is 10.6 Å². The van der Waals surface area contributed by atoms with E-state index in [9.17, 15) is 4.79 Å². The van der Waals surface area contributed by atoms with E-state index in [0.717, 1.165) is 23.5 Å². The number of aromatic nitrogens is 2. The Labute approximate surface area is 121 Å². The summed E-state index contributed by atoms with van der Waals surface area (Å²) in [6.45, 7) is 2.68. The van der Waals surface area contributed by atoms with Crippen molar-refractivity contribution >= 4 is 28.1 Å². The summed E-state index contributed by atoms with van der Waals surface area (Å²) >= 11 is 1.44. The van der Waals surface area contributed by atoms with Crippen LogP contribution in [0, 0.1) is 5.92 Å². The minimum atomic E-state index is -0.0705. The zero-order chi connectivity index (χ0) is 13.9. The maximum atomic E-state index is 12.3. The lowest BCUT2D eigenvalue weighted by molar-refractivity contribution is -0.119. The molecule has 5 nitrogen and oxygen atoms in total. The SMILES string of the molecule is CCc1nnc(NC(=O)C2CNc3ccccc3C2)s1. The van der Waals surface area contributed by atoms with Crippen LogP contribution in [0.25, 0.3) is 0 Å². The molecular formula is C14H16N4OS. The molecule has 0 radical (unpaired) electrons. The molecule has 3 rings (SSSR count). The van der Waals surface area contributed by atoms with Crippen LogP contribution in [0.1, 0.15) is 17.5 Å². The van der Waals surface area contributed by atoms with Crippen molar-refractivity contribution in [1.29, 1.82) is 0 Å². The third-order valence-corrected chi connectivity index (χ3v) is 4.38. The number of anilines is 2. The maximum absolute atomic E-state index is 12.3. The zero-order valence-corrected chi connectivity index (χ0v) is 12.0. The Kier molecular flexibility index (Phi) is 3.64. The summed E-state index contributed by atoms with van der Waals surface area (Å²) in [5.41, 5.74) is 2.31. The van der Waals surface area contributed by atoms with E-state index in [0.29, 0.717) is 11.7 Å². The number of benzene rings is 1. The molecule has 1 aromatic heterocycles. The van der Waals surface area contributed by atoms with E-state index in [-0.39, 0.29) is 11.8 Å². The van der Waals surface area contributed by atoms with E-state index in [1.807, 2.05) is 25.1 Å². The first-order chi connectivity index (χ1) is 9.76. The fourth-order valence-electron chi connectivity index (χ4n) is 2.28. The quantitative estimate of drug-likeness (QED) is 0.909. The van der Waals surface area contributed by atoms with Crippen LogP contribution in [-0.4, -0.2) is 22.6 Å². The van der Waals surface area contributed by atoms with Crippen LogP contribution in [0.5, 0.6) is 0 Å². The molecule has 1 aliphatic rings. The van der Waals surface area contributed by atoms with Gasteiger partial charge in [-0.15, -0.1) is 10.2 Å². The Morgan fingerprint density at radius 1 is 1.45 bits per heavy atom. The number of aryl methyl sites for hydroxylation is 1.